The topological polar surface area (TPSA) is 98.6 Å². The summed E-state index contributed by atoms with van der Waals surface area (Å²) in [5, 5.41) is 11.5. The van der Waals surface area contributed by atoms with Gasteiger partial charge < -0.3 is 19.7 Å². The van der Waals surface area contributed by atoms with E-state index < -0.39 is 0 Å². The predicted molar refractivity (Wildman–Crippen MR) is 120 cm³/mol. The zero-order chi connectivity index (χ0) is 22.3. The van der Waals surface area contributed by atoms with Crippen molar-refractivity contribution in [3.63, 3.8) is 0 Å². The van der Waals surface area contributed by atoms with E-state index in [4.69, 9.17) is 9.47 Å². The number of hydrogen-bond acceptors (Lipinski definition) is 7. The van der Waals surface area contributed by atoms with E-state index in [9.17, 15) is 9.59 Å². The van der Waals surface area contributed by atoms with E-state index in [1.807, 2.05) is 24.3 Å². The third-order valence-corrected chi connectivity index (χ3v) is 5.83. The minimum atomic E-state index is -0.199. The summed E-state index contributed by atoms with van der Waals surface area (Å²) in [4.78, 5) is 26.9. The normalized spacial score (nSPS) is 13.6. The van der Waals surface area contributed by atoms with Crippen LogP contribution in [-0.2, 0) is 9.53 Å². The molecule has 0 bridgehead atoms. The van der Waals surface area contributed by atoms with Crippen molar-refractivity contribution in [2.24, 2.45) is 0 Å². The molecule has 2 amide bonds. The maximum atomic E-state index is 12.7. The zero-order valence-corrected chi connectivity index (χ0v) is 18.4. The second kappa shape index (κ2) is 10.3. The number of rotatable bonds is 7. The average molecular weight is 454 g/mol. The minimum absolute atomic E-state index is 0.0635. The van der Waals surface area contributed by atoms with Gasteiger partial charge in [-0.2, -0.15) is 0 Å². The van der Waals surface area contributed by atoms with Gasteiger partial charge in [0.15, 0.2) is 5.16 Å². The zero-order valence-electron chi connectivity index (χ0n) is 17.6. The van der Waals surface area contributed by atoms with Gasteiger partial charge in [0.05, 0.1) is 26.1 Å². The summed E-state index contributed by atoms with van der Waals surface area (Å²) in [7, 11) is 1.61. The van der Waals surface area contributed by atoms with Gasteiger partial charge in [0.2, 0.25) is 5.91 Å². The molecule has 1 aromatic heterocycles. The van der Waals surface area contributed by atoms with Crippen molar-refractivity contribution in [2.75, 3.05) is 44.5 Å². The van der Waals surface area contributed by atoms with Gasteiger partial charge in [-0.15, -0.1) is 10.2 Å². The number of morpholine rings is 1. The van der Waals surface area contributed by atoms with Crippen molar-refractivity contribution >= 4 is 29.3 Å². The molecule has 1 aliphatic rings. The fourth-order valence-electron chi connectivity index (χ4n) is 3.25. The second-order valence-electron chi connectivity index (χ2n) is 7.00. The molecule has 0 aliphatic carbocycles. The molecule has 3 aromatic rings. The lowest BCUT2D eigenvalue weighted by molar-refractivity contribution is -0.113. The molecular formula is C22H23N5O4S. The van der Waals surface area contributed by atoms with E-state index >= 15 is 0 Å². The van der Waals surface area contributed by atoms with Crippen LogP contribution in [-0.4, -0.2) is 70.6 Å². The number of methoxy groups -OCH3 is 1. The third kappa shape index (κ3) is 5.27. The molecule has 2 aromatic carbocycles. The number of amides is 2. The summed E-state index contributed by atoms with van der Waals surface area (Å²) in [6, 6.07) is 14.4. The van der Waals surface area contributed by atoms with Crippen molar-refractivity contribution < 1.29 is 19.1 Å². The Morgan fingerprint density at radius 3 is 2.69 bits per heavy atom. The average Bonchev–Trinajstić information content (AvgIpc) is 3.32. The number of nitrogens with zero attached hydrogens (tertiary/aromatic N) is 4. The van der Waals surface area contributed by atoms with Crippen LogP contribution in [0.1, 0.15) is 10.4 Å². The number of aromatic nitrogens is 3. The first-order valence-electron chi connectivity index (χ1n) is 10.1. The lowest BCUT2D eigenvalue weighted by Crippen LogP contribution is -2.40. The van der Waals surface area contributed by atoms with Crippen molar-refractivity contribution in [2.45, 2.75) is 5.16 Å². The molecule has 1 aliphatic heterocycles. The first kappa shape index (κ1) is 21.8. The molecule has 0 atom stereocenters. The lowest BCUT2D eigenvalue weighted by atomic mass is 10.1. The Hall–Kier alpha value is -3.37. The highest BCUT2D eigenvalue weighted by atomic mass is 32.2. The summed E-state index contributed by atoms with van der Waals surface area (Å²) in [5.41, 5.74) is 1.98. The molecule has 0 saturated carbocycles. The lowest BCUT2D eigenvalue weighted by Gasteiger charge is -2.27. The molecule has 10 heteroatoms. The fourth-order valence-corrected chi connectivity index (χ4v) is 3.98. The van der Waals surface area contributed by atoms with Gasteiger partial charge in [0.1, 0.15) is 12.1 Å². The van der Waals surface area contributed by atoms with Crippen molar-refractivity contribution in [1.29, 1.82) is 0 Å². The number of carbonyl (C=O) groups is 2. The molecule has 4 rings (SSSR count). The maximum Gasteiger partial charge on any atom is 0.254 e. The van der Waals surface area contributed by atoms with Crippen LogP contribution in [0.2, 0.25) is 0 Å². The molecule has 9 nitrogen and oxygen atoms in total. The standard InChI is InChI=1S/C22H23N5O4S/c1-30-19-7-5-18(6-8-19)27-15-23-25-22(27)32-14-20(28)24-17-4-2-3-16(13-17)21(29)26-9-11-31-12-10-26/h2-8,13,15H,9-12,14H2,1H3,(H,24,28). The van der Waals surface area contributed by atoms with Crippen LogP contribution in [0.4, 0.5) is 5.69 Å². The maximum absolute atomic E-state index is 12.7. The van der Waals surface area contributed by atoms with E-state index in [1.54, 1.807) is 47.2 Å². The number of carbonyl (C=O) groups excluding carboxylic acids is 2. The molecule has 0 radical (unpaired) electrons. The highest BCUT2D eigenvalue weighted by Gasteiger charge is 2.19. The summed E-state index contributed by atoms with van der Waals surface area (Å²) in [6.07, 6.45) is 1.60. The Morgan fingerprint density at radius 2 is 1.94 bits per heavy atom. The highest BCUT2D eigenvalue weighted by molar-refractivity contribution is 7.99. The van der Waals surface area contributed by atoms with Crippen LogP contribution < -0.4 is 10.1 Å². The smallest absolute Gasteiger partial charge is 0.254 e. The number of hydrogen-bond donors (Lipinski definition) is 1. The molecule has 0 unspecified atom stereocenters. The Kier molecular flexibility index (Phi) is 7.03. The van der Waals surface area contributed by atoms with Gasteiger partial charge in [-0.1, -0.05) is 17.8 Å². The fraction of sp³-hybridized carbons (Fsp3) is 0.273. The summed E-state index contributed by atoms with van der Waals surface area (Å²) < 4.78 is 12.3. The van der Waals surface area contributed by atoms with E-state index in [0.29, 0.717) is 42.7 Å². The summed E-state index contributed by atoms with van der Waals surface area (Å²) >= 11 is 1.28. The molecule has 166 valence electrons. The van der Waals surface area contributed by atoms with Gasteiger partial charge in [0.25, 0.3) is 5.91 Å². The Morgan fingerprint density at radius 1 is 1.16 bits per heavy atom. The van der Waals surface area contributed by atoms with Gasteiger partial charge >= 0.3 is 0 Å². The van der Waals surface area contributed by atoms with Gasteiger partial charge in [0, 0.05) is 30.0 Å². The van der Waals surface area contributed by atoms with Crippen molar-refractivity contribution in [3.05, 3.63) is 60.4 Å². The summed E-state index contributed by atoms with van der Waals surface area (Å²) in [6.45, 7) is 2.23. The molecule has 0 spiro atoms. The minimum Gasteiger partial charge on any atom is -0.497 e. The molecule has 2 heterocycles. The Balaban J connectivity index is 1.36. The van der Waals surface area contributed by atoms with Crippen molar-refractivity contribution in [3.8, 4) is 11.4 Å². The monoisotopic (exact) mass is 453 g/mol. The largest absolute Gasteiger partial charge is 0.497 e. The third-order valence-electron chi connectivity index (χ3n) is 4.89. The van der Waals surface area contributed by atoms with Crippen LogP contribution in [0.15, 0.2) is 60.0 Å². The van der Waals surface area contributed by atoms with Gasteiger partial charge in [-0.3, -0.25) is 14.2 Å². The van der Waals surface area contributed by atoms with Crippen LogP contribution in [0.3, 0.4) is 0 Å². The quantitative estimate of drug-likeness (QED) is 0.549. The number of ether oxygens (including phenoxy) is 2. The van der Waals surface area contributed by atoms with E-state index in [1.165, 1.54) is 11.8 Å². The van der Waals surface area contributed by atoms with Crippen molar-refractivity contribution in [1.82, 2.24) is 19.7 Å². The van der Waals surface area contributed by atoms with E-state index in [0.717, 1.165) is 11.4 Å². The van der Waals surface area contributed by atoms with Crippen LogP contribution in [0, 0.1) is 0 Å². The molecule has 1 saturated heterocycles. The molecule has 32 heavy (non-hydrogen) atoms. The number of thioether (sulfide) groups is 1. The van der Waals surface area contributed by atoms with Crippen LogP contribution in [0.25, 0.3) is 5.69 Å². The predicted octanol–water partition coefficient (Wildman–Crippen LogP) is 2.48. The van der Waals surface area contributed by atoms with E-state index in [-0.39, 0.29) is 17.6 Å². The Labute approximate surface area is 189 Å². The highest BCUT2D eigenvalue weighted by Crippen LogP contribution is 2.22. The molecule has 1 fully saturated rings. The summed E-state index contributed by atoms with van der Waals surface area (Å²) in [5.74, 6) is 0.641. The van der Waals surface area contributed by atoms with Gasteiger partial charge in [-0.05, 0) is 42.5 Å². The molecule has 1 N–H and O–H groups in total. The first-order valence-corrected chi connectivity index (χ1v) is 11.1. The Bertz CT molecular complexity index is 1080. The van der Waals surface area contributed by atoms with Gasteiger partial charge in [-0.25, -0.2) is 0 Å². The van der Waals surface area contributed by atoms with E-state index in [2.05, 4.69) is 15.5 Å². The van der Waals surface area contributed by atoms with Crippen LogP contribution in [0.5, 0.6) is 5.75 Å². The molecular weight excluding hydrogens is 430 g/mol. The van der Waals surface area contributed by atoms with Crippen LogP contribution >= 0.6 is 11.8 Å². The number of nitrogens with one attached hydrogen (secondary N) is 1. The number of benzene rings is 2. The number of anilines is 1. The first-order chi connectivity index (χ1) is 15.6. The SMILES string of the molecule is COc1ccc(-n2cnnc2SCC(=O)Nc2cccc(C(=O)N3CCOCC3)c2)cc1. The second-order valence-corrected chi connectivity index (χ2v) is 7.95.